The number of ketones is 1. The van der Waals surface area contributed by atoms with Crippen molar-refractivity contribution in [3.05, 3.63) is 35.9 Å². The number of hydrogen-bond acceptors (Lipinski definition) is 8. The van der Waals surface area contributed by atoms with Crippen molar-refractivity contribution in [3.8, 4) is 0 Å². The number of benzene rings is 1. The van der Waals surface area contributed by atoms with Gasteiger partial charge in [0, 0.05) is 6.54 Å². The number of nitrogens with one attached hydrogen (secondary N) is 4. The molecular formula is C33H47N5O9. The Hall–Kier alpha value is -4.49. The second-order valence-corrected chi connectivity index (χ2v) is 12.2. The number of hydrogen-bond donors (Lipinski definition) is 5. The van der Waals surface area contributed by atoms with Crippen LogP contribution in [0.5, 0.6) is 0 Å². The van der Waals surface area contributed by atoms with Gasteiger partial charge in [0.25, 0.3) is 5.91 Å². The minimum atomic E-state index is -1.35. The molecule has 1 heterocycles. The summed E-state index contributed by atoms with van der Waals surface area (Å²) in [7, 11) is 0. The average molecular weight is 658 g/mol. The van der Waals surface area contributed by atoms with Crippen LogP contribution in [0.3, 0.4) is 0 Å². The molecule has 2 unspecified atom stereocenters. The van der Waals surface area contributed by atoms with E-state index in [-0.39, 0.29) is 37.3 Å². The van der Waals surface area contributed by atoms with Crippen molar-refractivity contribution in [2.75, 3.05) is 19.7 Å². The summed E-state index contributed by atoms with van der Waals surface area (Å²) < 4.78 is 5.06. The maximum absolute atomic E-state index is 13.9. The molecule has 2 fully saturated rings. The van der Waals surface area contributed by atoms with E-state index >= 15 is 0 Å². The SMILES string of the molecule is CCCC(NC(=O)C1C[C@@H](C)CN1C(=O)[C@@H](NC(=O)OCC)C1CCCCC1)C(=O)C(=O)NCC(=O)N[C@H](C(=O)O)c1ccccc1. The van der Waals surface area contributed by atoms with Crippen LogP contribution in [0.2, 0.25) is 0 Å². The molecule has 1 aromatic carbocycles. The summed E-state index contributed by atoms with van der Waals surface area (Å²) in [5, 5.41) is 19.4. The number of nitrogens with zero attached hydrogens (tertiary/aromatic N) is 1. The van der Waals surface area contributed by atoms with Gasteiger partial charge in [-0.05, 0) is 50.0 Å². The van der Waals surface area contributed by atoms with E-state index in [2.05, 4.69) is 21.3 Å². The zero-order valence-corrected chi connectivity index (χ0v) is 27.3. The molecule has 1 aliphatic heterocycles. The molecule has 0 aromatic heterocycles. The number of carboxylic acids is 1. The van der Waals surface area contributed by atoms with Crippen LogP contribution < -0.4 is 21.3 Å². The van der Waals surface area contributed by atoms with Gasteiger partial charge in [0.15, 0.2) is 6.04 Å². The molecule has 1 aromatic rings. The van der Waals surface area contributed by atoms with Gasteiger partial charge in [0.1, 0.15) is 12.1 Å². The zero-order chi connectivity index (χ0) is 34.5. The van der Waals surface area contributed by atoms with E-state index in [0.29, 0.717) is 18.4 Å². The van der Waals surface area contributed by atoms with Crippen molar-refractivity contribution in [3.63, 3.8) is 0 Å². The standard InChI is InChI=1S/C33H47N5O9/c1-4-12-23(28(40)30(42)34-18-25(39)36-27(32(44)45)22-15-10-7-11-16-22)35-29(41)24-17-20(3)19-38(24)31(43)26(37-33(46)47-5-2)21-13-8-6-9-14-21/h7,10-11,15-16,20-21,23-24,26-27H,4-6,8-9,12-14,17-19H2,1-3H3,(H,34,42)(H,35,41)(H,36,39)(H,37,46)(H,44,45)/t20-,23?,24?,26+,27+/m1/s1. The molecule has 14 nitrogen and oxygen atoms in total. The summed E-state index contributed by atoms with van der Waals surface area (Å²) in [5.74, 6) is -5.32. The highest BCUT2D eigenvalue weighted by atomic mass is 16.5. The van der Waals surface area contributed by atoms with Crippen LogP contribution in [0.25, 0.3) is 0 Å². The number of likely N-dealkylation sites (tertiary alicyclic amines) is 1. The van der Waals surface area contributed by atoms with Crippen LogP contribution >= 0.6 is 0 Å². The molecule has 1 saturated carbocycles. The van der Waals surface area contributed by atoms with Crippen LogP contribution in [0.4, 0.5) is 4.79 Å². The third-order valence-electron chi connectivity index (χ3n) is 8.56. The van der Waals surface area contributed by atoms with Crippen LogP contribution in [0, 0.1) is 11.8 Å². The summed E-state index contributed by atoms with van der Waals surface area (Å²) in [6.45, 7) is 5.12. The number of carbonyl (C=O) groups excluding carboxylic acids is 6. The second-order valence-electron chi connectivity index (χ2n) is 12.2. The summed E-state index contributed by atoms with van der Waals surface area (Å²) in [6, 6.07) is 3.66. The number of alkyl carbamates (subject to hydrolysis) is 1. The maximum atomic E-state index is 13.9. The van der Waals surface area contributed by atoms with Crippen LogP contribution in [0.15, 0.2) is 30.3 Å². The smallest absolute Gasteiger partial charge is 0.407 e. The van der Waals surface area contributed by atoms with E-state index in [9.17, 15) is 38.7 Å². The Morgan fingerprint density at radius 1 is 0.957 bits per heavy atom. The first-order chi connectivity index (χ1) is 22.5. The largest absolute Gasteiger partial charge is 0.479 e. The molecular weight excluding hydrogens is 610 g/mol. The third-order valence-corrected chi connectivity index (χ3v) is 8.56. The number of aliphatic carboxylic acids is 1. The number of amides is 5. The van der Waals surface area contributed by atoms with E-state index in [0.717, 1.165) is 32.1 Å². The summed E-state index contributed by atoms with van der Waals surface area (Å²) in [4.78, 5) is 91.4. The van der Waals surface area contributed by atoms with Crippen molar-refractivity contribution >= 4 is 41.5 Å². The fourth-order valence-electron chi connectivity index (χ4n) is 6.24. The van der Waals surface area contributed by atoms with E-state index in [1.54, 1.807) is 32.0 Å². The summed E-state index contributed by atoms with van der Waals surface area (Å²) >= 11 is 0. The second kappa shape index (κ2) is 18.0. The van der Waals surface area contributed by atoms with E-state index in [1.165, 1.54) is 17.0 Å². The minimum absolute atomic E-state index is 0.0306. The maximum Gasteiger partial charge on any atom is 0.407 e. The molecule has 258 valence electrons. The Morgan fingerprint density at radius 3 is 2.26 bits per heavy atom. The van der Waals surface area contributed by atoms with E-state index < -0.39 is 66.3 Å². The zero-order valence-electron chi connectivity index (χ0n) is 27.3. The van der Waals surface area contributed by atoms with Crippen molar-refractivity contribution in [1.82, 2.24) is 26.2 Å². The Bertz CT molecular complexity index is 1280. The van der Waals surface area contributed by atoms with Gasteiger partial charge in [-0.1, -0.05) is 69.9 Å². The lowest BCUT2D eigenvalue weighted by Gasteiger charge is -2.34. The highest BCUT2D eigenvalue weighted by Crippen LogP contribution is 2.31. The quantitative estimate of drug-likeness (QED) is 0.175. The first-order valence-electron chi connectivity index (χ1n) is 16.4. The number of ether oxygens (including phenoxy) is 1. The molecule has 0 radical (unpaired) electrons. The molecule has 1 aliphatic carbocycles. The Morgan fingerprint density at radius 2 is 1.64 bits per heavy atom. The van der Waals surface area contributed by atoms with Gasteiger partial charge in [-0.25, -0.2) is 9.59 Å². The molecule has 0 spiro atoms. The Balaban J connectivity index is 1.66. The number of rotatable bonds is 15. The monoisotopic (exact) mass is 657 g/mol. The van der Waals surface area contributed by atoms with Crippen LogP contribution in [-0.2, 0) is 33.5 Å². The third kappa shape index (κ3) is 10.5. The summed E-state index contributed by atoms with van der Waals surface area (Å²) in [5.41, 5.74) is 0.331. The molecule has 3 rings (SSSR count). The lowest BCUT2D eigenvalue weighted by Crippen LogP contribution is -2.58. The van der Waals surface area contributed by atoms with E-state index in [4.69, 9.17) is 4.74 Å². The van der Waals surface area contributed by atoms with Crippen LogP contribution in [-0.4, -0.2) is 89.3 Å². The predicted molar refractivity (Wildman–Crippen MR) is 170 cm³/mol. The van der Waals surface area contributed by atoms with Gasteiger partial charge in [0.2, 0.25) is 23.5 Å². The van der Waals surface area contributed by atoms with Gasteiger partial charge in [-0.15, -0.1) is 0 Å². The van der Waals surface area contributed by atoms with Crippen molar-refractivity contribution in [2.24, 2.45) is 11.8 Å². The van der Waals surface area contributed by atoms with Gasteiger partial charge < -0.3 is 36.0 Å². The van der Waals surface area contributed by atoms with Crippen LogP contribution in [0.1, 0.15) is 83.7 Å². The number of Topliss-reactive ketones (excluding diaryl/α,β-unsaturated/α-hetero) is 1. The van der Waals surface area contributed by atoms with Crippen molar-refractivity contribution in [2.45, 2.75) is 96.3 Å². The molecule has 5 atom stereocenters. The van der Waals surface area contributed by atoms with E-state index in [1.807, 2.05) is 6.92 Å². The fraction of sp³-hybridized carbons (Fsp3) is 0.606. The molecule has 2 aliphatic rings. The van der Waals surface area contributed by atoms with Crippen molar-refractivity contribution in [1.29, 1.82) is 0 Å². The molecule has 0 bridgehead atoms. The Kier molecular flexibility index (Phi) is 14.2. The Labute approximate surface area is 274 Å². The van der Waals surface area contributed by atoms with Gasteiger partial charge in [0.05, 0.1) is 19.2 Å². The first-order valence-corrected chi connectivity index (χ1v) is 16.4. The molecule has 1 saturated heterocycles. The predicted octanol–water partition coefficient (Wildman–Crippen LogP) is 1.83. The molecule has 5 amide bonds. The van der Waals surface area contributed by atoms with Gasteiger partial charge in [-0.2, -0.15) is 0 Å². The lowest BCUT2D eigenvalue weighted by molar-refractivity contribution is -0.144. The first kappa shape index (κ1) is 37.0. The normalized spacial score (nSPS) is 19.9. The highest BCUT2D eigenvalue weighted by Gasteiger charge is 2.44. The molecule has 14 heteroatoms. The number of carbonyl (C=O) groups is 7. The van der Waals surface area contributed by atoms with Gasteiger partial charge >= 0.3 is 12.1 Å². The molecule has 5 N–H and O–H groups in total. The fourth-order valence-corrected chi connectivity index (χ4v) is 6.24. The summed E-state index contributed by atoms with van der Waals surface area (Å²) in [6.07, 6.45) is 4.62. The topological polar surface area (TPSA) is 200 Å². The average Bonchev–Trinajstić information content (AvgIpc) is 3.46. The number of carboxylic acid groups (broad SMARTS) is 1. The van der Waals surface area contributed by atoms with Crippen molar-refractivity contribution < 1.29 is 43.4 Å². The molecule has 47 heavy (non-hydrogen) atoms. The highest BCUT2D eigenvalue weighted by molar-refractivity contribution is 6.38. The lowest BCUT2D eigenvalue weighted by atomic mass is 9.83. The minimum Gasteiger partial charge on any atom is -0.479 e. The van der Waals surface area contributed by atoms with Gasteiger partial charge in [-0.3, -0.25) is 24.0 Å².